The summed E-state index contributed by atoms with van der Waals surface area (Å²) in [6.07, 6.45) is 5.45. The molecule has 7 heteroatoms. The van der Waals surface area contributed by atoms with E-state index in [1.165, 1.54) is 0 Å². The van der Waals surface area contributed by atoms with Gasteiger partial charge in [0.25, 0.3) is 0 Å². The molecule has 0 spiro atoms. The van der Waals surface area contributed by atoms with Gasteiger partial charge in [0.1, 0.15) is 6.04 Å². The topological polar surface area (TPSA) is 98.7 Å². The van der Waals surface area contributed by atoms with Crippen LogP contribution >= 0.6 is 0 Å². The molecular formula is C23H39N3O4. The van der Waals surface area contributed by atoms with Crippen LogP contribution < -0.4 is 10.6 Å². The maximum Gasteiger partial charge on any atom is 0.243 e. The summed E-state index contributed by atoms with van der Waals surface area (Å²) in [4.78, 5) is 41.5. The minimum atomic E-state index is -0.742. The van der Waals surface area contributed by atoms with Crippen molar-refractivity contribution in [2.45, 2.75) is 72.0 Å². The number of hydrogen-bond acceptors (Lipinski definition) is 4. The van der Waals surface area contributed by atoms with Crippen LogP contribution in [-0.4, -0.2) is 59.0 Å². The molecule has 1 fully saturated rings. The Bertz CT molecular complexity index is 684. The van der Waals surface area contributed by atoms with Crippen molar-refractivity contribution in [3.63, 3.8) is 0 Å². The van der Waals surface area contributed by atoms with Crippen molar-refractivity contribution in [2.75, 3.05) is 13.7 Å². The van der Waals surface area contributed by atoms with E-state index >= 15 is 0 Å². The summed E-state index contributed by atoms with van der Waals surface area (Å²) in [5, 5.41) is 15.9. The van der Waals surface area contributed by atoms with Crippen LogP contribution in [0.4, 0.5) is 0 Å². The molecule has 1 aliphatic carbocycles. The zero-order chi connectivity index (χ0) is 22.8. The Kier molecular flexibility index (Phi) is 7.72. The standard InChI is InChI=1S/C23H39N3O4/c1-8-13(3)16(12-27)26-19(21(29)25-23(4,5)6)15-11-10-14(9-2)17(20(28)24-7)18(15)22(26)30/h10-11,13-19,27H,8-9,12H2,1-7H3,(H,24,28)(H,25,29)/t13-,14+,15-,16-,17+,18-,19-/m0/s1. The molecule has 2 aliphatic rings. The van der Waals surface area contributed by atoms with Gasteiger partial charge in [-0.3, -0.25) is 14.4 Å². The van der Waals surface area contributed by atoms with E-state index in [2.05, 4.69) is 10.6 Å². The molecule has 0 saturated carbocycles. The predicted octanol–water partition coefficient (Wildman–Crippen LogP) is 1.71. The largest absolute Gasteiger partial charge is 0.394 e. The molecular weight excluding hydrogens is 382 g/mol. The van der Waals surface area contributed by atoms with Crippen LogP contribution in [0, 0.1) is 29.6 Å². The summed E-state index contributed by atoms with van der Waals surface area (Å²) in [5.41, 5.74) is -0.459. The molecule has 0 unspecified atom stereocenters. The highest BCUT2D eigenvalue weighted by Gasteiger charge is 2.58. The average molecular weight is 422 g/mol. The first kappa shape index (κ1) is 24.4. The predicted molar refractivity (Wildman–Crippen MR) is 116 cm³/mol. The second-order valence-corrected chi connectivity index (χ2v) is 9.77. The number of fused-ring (bicyclic) bond motifs is 1. The Morgan fingerprint density at radius 1 is 1.20 bits per heavy atom. The lowest BCUT2D eigenvalue weighted by Gasteiger charge is -2.37. The van der Waals surface area contributed by atoms with Crippen LogP contribution in [0.1, 0.15) is 54.4 Å². The van der Waals surface area contributed by atoms with E-state index < -0.39 is 35.4 Å². The summed E-state index contributed by atoms with van der Waals surface area (Å²) < 4.78 is 0. The van der Waals surface area contributed by atoms with E-state index in [1.807, 2.05) is 53.7 Å². The summed E-state index contributed by atoms with van der Waals surface area (Å²) in [5.74, 6) is -2.17. The summed E-state index contributed by atoms with van der Waals surface area (Å²) in [7, 11) is 1.58. The molecule has 170 valence electrons. The number of likely N-dealkylation sites (tertiary alicyclic amines) is 1. The lowest BCUT2D eigenvalue weighted by atomic mass is 9.68. The maximum absolute atomic E-state index is 13.8. The van der Waals surface area contributed by atoms with Gasteiger partial charge in [0, 0.05) is 18.5 Å². The first-order valence-corrected chi connectivity index (χ1v) is 11.2. The third-order valence-electron chi connectivity index (χ3n) is 6.68. The highest BCUT2D eigenvalue weighted by atomic mass is 16.3. The van der Waals surface area contributed by atoms with E-state index in [9.17, 15) is 19.5 Å². The number of nitrogens with one attached hydrogen (secondary N) is 2. The normalized spacial score (nSPS) is 30.6. The van der Waals surface area contributed by atoms with Gasteiger partial charge >= 0.3 is 0 Å². The van der Waals surface area contributed by atoms with Gasteiger partial charge in [-0.1, -0.05) is 39.3 Å². The fourth-order valence-corrected chi connectivity index (χ4v) is 4.97. The van der Waals surface area contributed by atoms with Crippen LogP contribution in [0.25, 0.3) is 0 Å². The molecule has 0 bridgehead atoms. The van der Waals surface area contributed by atoms with Gasteiger partial charge in [0.05, 0.1) is 24.5 Å². The van der Waals surface area contributed by atoms with Crippen molar-refractivity contribution in [3.05, 3.63) is 12.2 Å². The third kappa shape index (κ3) is 4.56. The van der Waals surface area contributed by atoms with Crippen molar-refractivity contribution < 1.29 is 19.5 Å². The third-order valence-corrected chi connectivity index (χ3v) is 6.68. The fraction of sp³-hybridized carbons (Fsp3) is 0.783. The van der Waals surface area contributed by atoms with Crippen molar-refractivity contribution in [1.29, 1.82) is 0 Å². The van der Waals surface area contributed by atoms with Gasteiger partial charge in [-0.2, -0.15) is 0 Å². The summed E-state index contributed by atoms with van der Waals surface area (Å²) >= 11 is 0. The fourth-order valence-electron chi connectivity index (χ4n) is 4.97. The van der Waals surface area contributed by atoms with Crippen molar-refractivity contribution in [2.24, 2.45) is 29.6 Å². The lowest BCUT2D eigenvalue weighted by Crippen LogP contribution is -2.56. The maximum atomic E-state index is 13.8. The van der Waals surface area contributed by atoms with E-state index in [-0.39, 0.29) is 36.2 Å². The van der Waals surface area contributed by atoms with Crippen LogP contribution in [0.15, 0.2) is 12.2 Å². The minimum absolute atomic E-state index is 0.0217. The molecule has 1 heterocycles. The zero-order valence-corrected chi connectivity index (χ0v) is 19.4. The van der Waals surface area contributed by atoms with Gasteiger partial charge in [0.2, 0.25) is 17.7 Å². The number of aliphatic hydroxyl groups is 1. The first-order valence-electron chi connectivity index (χ1n) is 11.2. The number of rotatable bonds is 7. The Morgan fingerprint density at radius 2 is 1.83 bits per heavy atom. The number of hydrogen-bond donors (Lipinski definition) is 3. The first-order chi connectivity index (χ1) is 14.0. The number of carbonyl (C=O) groups excluding carboxylic acids is 3. The lowest BCUT2D eigenvalue weighted by molar-refractivity contribution is -0.144. The summed E-state index contributed by atoms with van der Waals surface area (Å²) in [6.45, 7) is 11.5. The van der Waals surface area contributed by atoms with E-state index in [4.69, 9.17) is 0 Å². The summed E-state index contributed by atoms with van der Waals surface area (Å²) in [6, 6.07) is -1.21. The Hall–Kier alpha value is -1.89. The van der Waals surface area contributed by atoms with Crippen molar-refractivity contribution in [3.8, 4) is 0 Å². The monoisotopic (exact) mass is 421 g/mol. The number of carbonyl (C=O) groups is 3. The van der Waals surface area contributed by atoms with E-state index in [0.717, 1.165) is 12.8 Å². The Labute approximate surface area is 180 Å². The Morgan fingerprint density at radius 3 is 2.30 bits per heavy atom. The van der Waals surface area contributed by atoms with Crippen LogP contribution in [0.3, 0.4) is 0 Å². The second-order valence-electron chi connectivity index (χ2n) is 9.77. The average Bonchev–Trinajstić information content (AvgIpc) is 2.98. The molecule has 0 aromatic rings. The molecule has 1 aliphatic heterocycles. The highest BCUT2D eigenvalue weighted by molar-refractivity contribution is 5.97. The van der Waals surface area contributed by atoms with Crippen LogP contribution in [0.5, 0.6) is 0 Å². The zero-order valence-electron chi connectivity index (χ0n) is 19.4. The molecule has 0 aromatic heterocycles. The number of aliphatic hydroxyl groups excluding tert-OH is 1. The van der Waals surface area contributed by atoms with E-state index in [1.54, 1.807) is 11.9 Å². The molecule has 7 atom stereocenters. The molecule has 0 aromatic carbocycles. The molecule has 3 amide bonds. The Balaban J connectivity index is 2.58. The molecule has 1 saturated heterocycles. The molecule has 0 radical (unpaired) electrons. The highest BCUT2D eigenvalue weighted by Crippen LogP contribution is 2.46. The van der Waals surface area contributed by atoms with Crippen LogP contribution in [-0.2, 0) is 14.4 Å². The van der Waals surface area contributed by atoms with E-state index in [0.29, 0.717) is 0 Å². The van der Waals surface area contributed by atoms with Gasteiger partial charge in [-0.05, 0) is 39.0 Å². The minimum Gasteiger partial charge on any atom is -0.394 e. The molecule has 30 heavy (non-hydrogen) atoms. The van der Waals surface area contributed by atoms with Crippen molar-refractivity contribution >= 4 is 17.7 Å². The SMILES string of the molecule is CC[C@H](C)[C@H](CO)N1C(=O)[C@H]2[C@H](C=C[C@@H](CC)[C@H]2C(=O)NC)[C@H]1C(=O)NC(C)(C)C. The van der Waals surface area contributed by atoms with Gasteiger partial charge in [-0.15, -0.1) is 0 Å². The number of amides is 3. The molecule has 7 nitrogen and oxygen atoms in total. The number of nitrogens with zero attached hydrogens (tertiary/aromatic N) is 1. The van der Waals surface area contributed by atoms with Gasteiger partial charge < -0.3 is 20.6 Å². The van der Waals surface area contributed by atoms with Gasteiger partial charge in [0.15, 0.2) is 0 Å². The van der Waals surface area contributed by atoms with Gasteiger partial charge in [-0.25, -0.2) is 0 Å². The smallest absolute Gasteiger partial charge is 0.243 e. The van der Waals surface area contributed by atoms with Crippen LogP contribution in [0.2, 0.25) is 0 Å². The van der Waals surface area contributed by atoms with Crippen molar-refractivity contribution in [1.82, 2.24) is 15.5 Å². The quantitative estimate of drug-likeness (QED) is 0.545. The molecule has 3 N–H and O–H groups in total. The second kappa shape index (κ2) is 9.50. The number of allylic oxidation sites excluding steroid dienone is 1. The molecule has 2 rings (SSSR count).